The third-order valence-corrected chi connectivity index (χ3v) is 3.58. The number of nitrogens with zero attached hydrogens (tertiary/aromatic N) is 1. The summed E-state index contributed by atoms with van der Waals surface area (Å²) in [6.45, 7) is 2.81. The Kier molecular flexibility index (Phi) is 3.44. The second kappa shape index (κ2) is 4.70. The Bertz CT molecular complexity index is 444. The first kappa shape index (κ1) is 12.4. The number of amides is 1. The fraction of sp³-hybridized carbons (Fsp3) is 0.455. The minimum atomic E-state index is -0.591. The van der Waals surface area contributed by atoms with Gasteiger partial charge in [0.2, 0.25) is 11.9 Å². The summed E-state index contributed by atoms with van der Waals surface area (Å²) in [5, 5.41) is 2.74. The lowest BCUT2D eigenvalue weighted by Crippen LogP contribution is -2.51. The average Bonchev–Trinajstić information content (AvgIpc) is 2.21. The van der Waals surface area contributed by atoms with E-state index in [2.05, 4.69) is 26.2 Å². The Labute approximate surface area is 107 Å². The highest BCUT2D eigenvalue weighted by atomic mass is 79.9. The van der Waals surface area contributed by atoms with E-state index in [9.17, 15) is 9.18 Å². The zero-order valence-electron chi connectivity index (χ0n) is 9.30. The van der Waals surface area contributed by atoms with Gasteiger partial charge in [-0.3, -0.25) is 4.79 Å². The van der Waals surface area contributed by atoms with E-state index in [1.54, 1.807) is 0 Å². The van der Waals surface area contributed by atoms with Crippen molar-refractivity contribution in [1.29, 1.82) is 0 Å². The maximum Gasteiger partial charge on any atom is 0.235 e. The third kappa shape index (κ3) is 2.32. The second-order valence-corrected chi connectivity index (χ2v) is 4.80. The van der Waals surface area contributed by atoms with Gasteiger partial charge >= 0.3 is 0 Å². The molecule has 0 atom stereocenters. The molecule has 1 aromatic heterocycles. The fourth-order valence-electron chi connectivity index (χ4n) is 1.60. The summed E-state index contributed by atoms with van der Waals surface area (Å²) in [5.41, 5.74) is 0.0181. The molecule has 0 spiro atoms. The Morgan fingerprint density at radius 2 is 2.35 bits per heavy atom. The summed E-state index contributed by atoms with van der Waals surface area (Å²) in [7, 11) is 0. The van der Waals surface area contributed by atoms with Gasteiger partial charge < -0.3 is 10.1 Å². The zero-order chi connectivity index (χ0) is 12.5. The van der Waals surface area contributed by atoms with Gasteiger partial charge in [0.05, 0.1) is 24.3 Å². The van der Waals surface area contributed by atoms with Crippen LogP contribution in [0.2, 0.25) is 0 Å². The van der Waals surface area contributed by atoms with Crippen LogP contribution in [0.1, 0.15) is 13.3 Å². The van der Waals surface area contributed by atoms with E-state index in [4.69, 9.17) is 4.74 Å². The van der Waals surface area contributed by atoms with Crippen molar-refractivity contribution in [2.24, 2.45) is 5.41 Å². The van der Waals surface area contributed by atoms with E-state index in [0.717, 1.165) is 0 Å². The largest absolute Gasteiger partial charge is 0.379 e. The normalized spacial score (nSPS) is 17.4. The lowest BCUT2D eigenvalue weighted by atomic mass is 9.82. The average molecular weight is 303 g/mol. The first-order valence-electron chi connectivity index (χ1n) is 5.29. The van der Waals surface area contributed by atoms with E-state index in [1.165, 1.54) is 12.1 Å². The number of halogens is 2. The number of nitrogens with one attached hydrogen (secondary N) is 1. The molecule has 1 amide bonds. The fourth-order valence-corrected chi connectivity index (χ4v) is 2.01. The van der Waals surface area contributed by atoms with Gasteiger partial charge in [0.1, 0.15) is 4.60 Å². The van der Waals surface area contributed by atoms with Crippen LogP contribution in [-0.2, 0) is 9.53 Å². The van der Waals surface area contributed by atoms with Gasteiger partial charge in [-0.2, -0.15) is 4.39 Å². The molecule has 0 aromatic carbocycles. The number of carbonyl (C=O) groups is 1. The molecule has 2 heterocycles. The maximum atomic E-state index is 12.8. The summed E-state index contributed by atoms with van der Waals surface area (Å²) in [4.78, 5) is 15.6. The summed E-state index contributed by atoms with van der Waals surface area (Å²) in [5.74, 6) is -0.701. The van der Waals surface area contributed by atoms with Crippen molar-refractivity contribution in [2.75, 3.05) is 18.5 Å². The van der Waals surface area contributed by atoms with Crippen LogP contribution < -0.4 is 5.32 Å². The van der Waals surface area contributed by atoms with Crippen molar-refractivity contribution >= 4 is 27.5 Å². The SMILES string of the molecule is CCC1(C(=O)Nc2ccc(F)nc2Br)COC1. The Hall–Kier alpha value is -1.01. The van der Waals surface area contributed by atoms with Crippen LogP contribution in [0.3, 0.4) is 0 Å². The molecule has 4 nitrogen and oxygen atoms in total. The van der Waals surface area contributed by atoms with Gasteiger partial charge in [0.15, 0.2) is 0 Å². The Balaban J connectivity index is 2.13. The van der Waals surface area contributed by atoms with Crippen molar-refractivity contribution in [3.63, 3.8) is 0 Å². The highest BCUT2D eigenvalue weighted by molar-refractivity contribution is 9.10. The van der Waals surface area contributed by atoms with Crippen LogP contribution >= 0.6 is 15.9 Å². The van der Waals surface area contributed by atoms with Gasteiger partial charge in [-0.15, -0.1) is 0 Å². The van der Waals surface area contributed by atoms with Crippen molar-refractivity contribution < 1.29 is 13.9 Å². The third-order valence-electron chi connectivity index (χ3n) is 2.98. The number of carbonyl (C=O) groups excluding carboxylic acids is 1. The molecular formula is C11H12BrFN2O2. The Morgan fingerprint density at radius 1 is 1.65 bits per heavy atom. The molecule has 0 bridgehead atoms. The smallest absolute Gasteiger partial charge is 0.235 e. The van der Waals surface area contributed by atoms with Gasteiger partial charge in [0.25, 0.3) is 0 Å². The van der Waals surface area contributed by atoms with Crippen molar-refractivity contribution in [3.05, 3.63) is 22.7 Å². The van der Waals surface area contributed by atoms with E-state index >= 15 is 0 Å². The van der Waals surface area contributed by atoms with Crippen molar-refractivity contribution in [2.45, 2.75) is 13.3 Å². The molecule has 0 aliphatic carbocycles. The highest BCUT2D eigenvalue weighted by Crippen LogP contribution is 2.33. The lowest BCUT2D eigenvalue weighted by molar-refractivity contribution is -0.156. The van der Waals surface area contributed by atoms with Gasteiger partial charge in [0, 0.05) is 0 Å². The molecule has 6 heteroatoms. The van der Waals surface area contributed by atoms with Crippen LogP contribution in [0, 0.1) is 11.4 Å². The number of hydrogen-bond acceptors (Lipinski definition) is 3. The Morgan fingerprint density at radius 3 is 2.82 bits per heavy atom. The molecule has 1 N–H and O–H groups in total. The van der Waals surface area contributed by atoms with Crippen LogP contribution in [0.25, 0.3) is 0 Å². The van der Waals surface area contributed by atoms with Crippen LogP contribution in [0.4, 0.5) is 10.1 Å². The zero-order valence-corrected chi connectivity index (χ0v) is 10.9. The maximum absolute atomic E-state index is 12.8. The van der Waals surface area contributed by atoms with Crippen molar-refractivity contribution in [3.8, 4) is 0 Å². The molecule has 1 aliphatic rings. The molecule has 0 radical (unpaired) electrons. The number of pyridine rings is 1. The molecule has 1 aliphatic heterocycles. The number of rotatable bonds is 3. The van der Waals surface area contributed by atoms with E-state index in [1.807, 2.05) is 6.92 Å². The standard InChI is InChI=1S/C11H12BrFN2O2/c1-2-11(5-17-6-11)10(16)14-7-3-4-8(13)15-9(7)12/h3-4H,2,5-6H2,1H3,(H,14,16). The molecular weight excluding hydrogens is 291 g/mol. The van der Waals surface area contributed by atoms with Gasteiger partial charge in [-0.25, -0.2) is 4.98 Å². The predicted octanol–water partition coefficient (Wildman–Crippen LogP) is 2.35. The van der Waals surface area contributed by atoms with Crippen LogP contribution in [0.5, 0.6) is 0 Å². The van der Waals surface area contributed by atoms with Gasteiger partial charge in [-0.05, 0) is 34.5 Å². The molecule has 1 aromatic rings. The predicted molar refractivity (Wildman–Crippen MR) is 64.1 cm³/mol. The second-order valence-electron chi connectivity index (χ2n) is 4.05. The number of ether oxygens (including phenoxy) is 1. The van der Waals surface area contributed by atoms with E-state index < -0.39 is 11.4 Å². The lowest BCUT2D eigenvalue weighted by Gasteiger charge is -2.38. The highest BCUT2D eigenvalue weighted by Gasteiger charge is 2.44. The molecule has 92 valence electrons. The molecule has 17 heavy (non-hydrogen) atoms. The summed E-state index contributed by atoms with van der Waals surface area (Å²) >= 11 is 3.11. The molecule has 1 fully saturated rings. The molecule has 1 saturated heterocycles. The van der Waals surface area contributed by atoms with Crippen LogP contribution in [-0.4, -0.2) is 24.1 Å². The summed E-state index contributed by atoms with van der Waals surface area (Å²) in [6.07, 6.45) is 0.713. The van der Waals surface area contributed by atoms with E-state index in [-0.39, 0.29) is 10.5 Å². The summed E-state index contributed by atoms with van der Waals surface area (Å²) in [6, 6.07) is 2.68. The first-order valence-corrected chi connectivity index (χ1v) is 6.08. The molecule has 0 saturated carbocycles. The quantitative estimate of drug-likeness (QED) is 0.872. The minimum Gasteiger partial charge on any atom is -0.379 e. The van der Waals surface area contributed by atoms with Crippen molar-refractivity contribution in [1.82, 2.24) is 4.98 Å². The number of aromatic nitrogens is 1. The van der Waals surface area contributed by atoms with Crippen LogP contribution in [0.15, 0.2) is 16.7 Å². The minimum absolute atomic E-state index is 0.111. The summed E-state index contributed by atoms with van der Waals surface area (Å²) < 4.78 is 18.2. The molecule has 0 unspecified atom stereocenters. The van der Waals surface area contributed by atoms with Gasteiger partial charge in [-0.1, -0.05) is 6.92 Å². The number of anilines is 1. The first-order chi connectivity index (χ1) is 8.07. The monoisotopic (exact) mass is 302 g/mol. The molecule has 2 rings (SSSR count). The van der Waals surface area contributed by atoms with E-state index in [0.29, 0.717) is 25.3 Å². The number of hydrogen-bond donors (Lipinski definition) is 1. The topological polar surface area (TPSA) is 51.2 Å².